The predicted molar refractivity (Wildman–Crippen MR) is 90.1 cm³/mol. The lowest BCUT2D eigenvalue weighted by Crippen LogP contribution is -2.51. The lowest BCUT2D eigenvalue weighted by Gasteiger charge is -2.33. The lowest BCUT2D eigenvalue weighted by atomic mass is 9.83. The summed E-state index contributed by atoms with van der Waals surface area (Å²) in [5, 5.41) is 0. The van der Waals surface area contributed by atoms with Crippen molar-refractivity contribution in [2.45, 2.75) is 49.5 Å². The smallest absolute Gasteiger partial charge is 0.240 e. The Morgan fingerprint density at radius 3 is 2.59 bits per heavy atom. The van der Waals surface area contributed by atoms with E-state index in [2.05, 4.69) is 4.72 Å². The van der Waals surface area contributed by atoms with Crippen LogP contribution in [0.4, 0.5) is 0 Å². The van der Waals surface area contributed by atoms with Crippen LogP contribution in [-0.2, 0) is 10.0 Å². The normalized spacial score (nSPS) is 17.5. The van der Waals surface area contributed by atoms with Crippen molar-refractivity contribution in [1.82, 2.24) is 4.72 Å². The first-order valence-electron chi connectivity index (χ1n) is 7.47. The van der Waals surface area contributed by atoms with Gasteiger partial charge in [-0.2, -0.15) is 0 Å². The molecular weight excluding hydrogens is 324 g/mol. The minimum atomic E-state index is -3.55. The standard InChI is InChI=1S/C15H24N2O3S.ClH/c1-2-20-13-7-6-8-14(11-13)21(18,19)17-12-15(16)9-4-3-5-10-15;/h6-8,11,17H,2-5,9-10,12,16H2,1H3;1H. The van der Waals surface area contributed by atoms with Crippen LogP contribution in [0.15, 0.2) is 29.2 Å². The molecule has 3 N–H and O–H groups in total. The van der Waals surface area contributed by atoms with Crippen LogP contribution in [0.2, 0.25) is 0 Å². The molecule has 0 heterocycles. The molecule has 0 amide bonds. The molecule has 126 valence electrons. The Labute approximate surface area is 139 Å². The molecule has 5 nitrogen and oxygen atoms in total. The highest BCUT2D eigenvalue weighted by Crippen LogP contribution is 2.26. The number of ether oxygens (including phenoxy) is 1. The van der Waals surface area contributed by atoms with Gasteiger partial charge in [0.15, 0.2) is 0 Å². The van der Waals surface area contributed by atoms with Crippen LogP contribution in [0, 0.1) is 0 Å². The quantitative estimate of drug-likeness (QED) is 0.827. The van der Waals surface area contributed by atoms with Crippen molar-refractivity contribution in [3.63, 3.8) is 0 Å². The zero-order valence-corrected chi connectivity index (χ0v) is 14.5. The van der Waals surface area contributed by atoms with Gasteiger partial charge in [-0.25, -0.2) is 13.1 Å². The van der Waals surface area contributed by atoms with Gasteiger partial charge in [-0.3, -0.25) is 0 Å². The zero-order valence-electron chi connectivity index (χ0n) is 12.9. The first-order chi connectivity index (χ1) is 9.95. The van der Waals surface area contributed by atoms with Gasteiger partial charge >= 0.3 is 0 Å². The second-order valence-corrected chi connectivity index (χ2v) is 7.42. The molecule has 0 aromatic heterocycles. The number of hydrogen-bond acceptors (Lipinski definition) is 4. The summed E-state index contributed by atoms with van der Waals surface area (Å²) in [6, 6.07) is 6.53. The van der Waals surface area contributed by atoms with Gasteiger partial charge in [0.05, 0.1) is 11.5 Å². The average molecular weight is 349 g/mol. The summed E-state index contributed by atoms with van der Waals surface area (Å²) in [6.07, 6.45) is 5.06. The van der Waals surface area contributed by atoms with E-state index in [1.807, 2.05) is 6.92 Å². The van der Waals surface area contributed by atoms with Crippen LogP contribution in [0.1, 0.15) is 39.0 Å². The van der Waals surface area contributed by atoms with Crippen molar-refractivity contribution in [3.8, 4) is 5.75 Å². The van der Waals surface area contributed by atoms with E-state index in [0.29, 0.717) is 12.4 Å². The summed E-state index contributed by atoms with van der Waals surface area (Å²) in [6.45, 7) is 2.65. The third kappa shape index (κ3) is 5.12. The van der Waals surface area contributed by atoms with E-state index in [-0.39, 0.29) is 23.8 Å². The molecule has 1 saturated carbocycles. The van der Waals surface area contributed by atoms with Gasteiger partial charge in [0.2, 0.25) is 10.0 Å². The Morgan fingerprint density at radius 1 is 1.27 bits per heavy atom. The summed E-state index contributed by atoms with van der Waals surface area (Å²) in [7, 11) is -3.55. The fraction of sp³-hybridized carbons (Fsp3) is 0.600. The van der Waals surface area contributed by atoms with Crippen molar-refractivity contribution < 1.29 is 13.2 Å². The van der Waals surface area contributed by atoms with E-state index >= 15 is 0 Å². The van der Waals surface area contributed by atoms with E-state index in [1.165, 1.54) is 12.5 Å². The third-order valence-electron chi connectivity index (χ3n) is 3.89. The minimum absolute atomic E-state index is 0. The van der Waals surface area contributed by atoms with Gasteiger partial charge in [-0.1, -0.05) is 25.3 Å². The molecule has 1 aliphatic rings. The molecule has 0 aliphatic heterocycles. The van der Waals surface area contributed by atoms with Gasteiger partial charge in [0.1, 0.15) is 5.75 Å². The number of nitrogens with one attached hydrogen (secondary N) is 1. The molecule has 0 saturated heterocycles. The van der Waals surface area contributed by atoms with Crippen molar-refractivity contribution >= 4 is 22.4 Å². The molecule has 0 unspecified atom stereocenters. The van der Waals surface area contributed by atoms with E-state index in [1.54, 1.807) is 18.2 Å². The van der Waals surface area contributed by atoms with E-state index in [9.17, 15) is 8.42 Å². The number of nitrogens with two attached hydrogens (primary N) is 1. The highest BCUT2D eigenvalue weighted by atomic mass is 35.5. The van der Waals surface area contributed by atoms with Gasteiger partial charge in [0.25, 0.3) is 0 Å². The molecular formula is C15H25ClN2O3S. The van der Waals surface area contributed by atoms with Crippen molar-refractivity contribution in [2.24, 2.45) is 5.73 Å². The maximum Gasteiger partial charge on any atom is 0.240 e. The summed E-state index contributed by atoms with van der Waals surface area (Å²) in [5.41, 5.74) is 5.86. The van der Waals surface area contributed by atoms with E-state index in [4.69, 9.17) is 10.5 Å². The summed E-state index contributed by atoms with van der Waals surface area (Å²) in [4.78, 5) is 0.216. The highest BCUT2D eigenvalue weighted by molar-refractivity contribution is 7.89. The van der Waals surface area contributed by atoms with Crippen molar-refractivity contribution in [3.05, 3.63) is 24.3 Å². The Kier molecular flexibility index (Phi) is 7.12. The Balaban J connectivity index is 0.00000242. The van der Waals surface area contributed by atoms with Gasteiger partial charge < -0.3 is 10.5 Å². The van der Waals surface area contributed by atoms with Crippen LogP contribution in [0.3, 0.4) is 0 Å². The molecule has 2 rings (SSSR count). The van der Waals surface area contributed by atoms with Gasteiger partial charge in [-0.05, 0) is 31.9 Å². The van der Waals surface area contributed by atoms with Crippen molar-refractivity contribution in [1.29, 1.82) is 0 Å². The monoisotopic (exact) mass is 348 g/mol. The summed E-state index contributed by atoms with van der Waals surface area (Å²) < 4.78 is 32.7. The second kappa shape index (κ2) is 8.15. The summed E-state index contributed by atoms with van der Waals surface area (Å²) in [5.74, 6) is 0.556. The summed E-state index contributed by atoms with van der Waals surface area (Å²) >= 11 is 0. The maximum absolute atomic E-state index is 12.4. The van der Waals surface area contributed by atoms with E-state index in [0.717, 1.165) is 25.7 Å². The second-order valence-electron chi connectivity index (χ2n) is 5.66. The Hall–Kier alpha value is -0.820. The Bertz CT molecular complexity index is 572. The lowest BCUT2D eigenvalue weighted by molar-refractivity contribution is 0.296. The van der Waals surface area contributed by atoms with Crippen LogP contribution in [-0.4, -0.2) is 27.1 Å². The molecule has 1 fully saturated rings. The zero-order chi connectivity index (χ0) is 15.3. The number of hydrogen-bond donors (Lipinski definition) is 2. The molecule has 7 heteroatoms. The predicted octanol–water partition coefficient (Wildman–Crippen LogP) is 2.45. The minimum Gasteiger partial charge on any atom is -0.494 e. The first kappa shape index (κ1) is 19.2. The van der Waals surface area contributed by atoms with E-state index < -0.39 is 15.6 Å². The number of sulfonamides is 1. The molecule has 1 aromatic rings. The molecule has 1 aromatic carbocycles. The van der Waals surface area contributed by atoms with Crippen LogP contribution < -0.4 is 15.2 Å². The average Bonchev–Trinajstić information content (AvgIpc) is 2.47. The SMILES string of the molecule is CCOc1cccc(S(=O)(=O)NCC2(N)CCCCC2)c1.Cl. The molecule has 0 bridgehead atoms. The maximum atomic E-state index is 12.4. The molecule has 22 heavy (non-hydrogen) atoms. The molecule has 1 aliphatic carbocycles. The number of rotatable bonds is 6. The number of benzene rings is 1. The Morgan fingerprint density at radius 2 is 1.95 bits per heavy atom. The molecule has 0 radical (unpaired) electrons. The van der Waals surface area contributed by atoms with Crippen LogP contribution >= 0.6 is 12.4 Å². The fourth-order valence-electron chi connectivity index (χ4n) is 2.65. The fourth-order valence-corrected chi connectivity index (χ4v) is 3.83. The first-order valence-corrected chi connectivity index (χ1v) is 8.95. The number of halogens is 1. The topological polar surface area (TPSA) is 81.4 Å². The van der Waals surface area contributed by atoms with Gasteiger partial charge in [-0.15, -0.1) is 12.4 Å². The van der Waals surface area contributed by atoms with Crippen LogP contribution in [0.25, 0.3) is 0 Å². The largest absolute Gasteiger partial charge is 0.494 e. The third-order valence-corrected chi connectivity index (χ3v) is 5.29. The molecule has 0 spiro atoms. The van der Waals surface area contributed by atoms with Crippen LogP contribution in [0.5, 0.6) is 5.75 Å². The molecule has 0 atom stereocenters. The van der Waals surface area contributed by atoms with Gasteiger partial charge in [0, 0.05) is 18.2 Å². The van der Waals surface area contributed by atoms with Crippen molar-refractivity contribution in [2.75, 3.05) is 13.2 Å². The highest BCUT2D eigenvalue weighted by Gasteiger charge is 2.29.